The quantitative estimate of drug-likeness (QED) is 0.571. The summed E-state index contributed by atoms with van der Waals surface area (Å²) in [6.07, 6.45) is 3.86. The van der Waals surface area contributed by atoms with Crippen molar-refractivity contribution >= 4 is 12.0 Å². The molecule has 0 saturated heterocycles. The Morgan fingerprint density at radius 1 is 1.31 bits per heavy atom. The van der Waals surface area contributed by atoms with Gasteiger partial charge >= 0.3 is 5.97 Å². The van der Waals surface area contributed by atoms with Crippen LogP contribution in [0, 0.1) is 0 Å². The summed E-state index contributed by atoms with van der Waals surface area (Å²) in [5.74, 6) is -0.341. The van der Waals surface area contributed by atoms with E-state index in [2.05, 4.69) is 17.9 Å². The van der Waals surface area contributed by atoms with Gasteiger partial charge in [0.15, 0.2) is 0 Å². The molecule has 0 amide bonds. The second kappa shape index (κ2) is 9.71. The van der Waals surface area contributed by atoms with E-state index in [4.69, 9.17) is 0 Å². The van der Waals surface area contributed by atoms with Gasteiger partial charge < -0.3 is 4.74 Å². The van der Waals surface area contributed by atoms with Gasteiger partial charge in [-0.25, -0.2) is 4.79 Å². The van der Waals surface area contributed by atoms with E-state index in [1.807, 2.05) is 43.3 Å². The first-order chi connectivity index (χ1) is 7.74. The molecule has 1 rings (SSSR count). The molecule has 0 fully saturated rings. The Morgan fingerprint density at radius 3 is 2.31 bits per heavy atom. The first-order valence-electron chi connectivity index (χ1n) is 5.21. The molecule has 2 heteroatoms. The molecule has 0 N–H and O–H groups in total. The molecule has 0 aliphatic rings. The van der Waals surface area contributed by atoms with Gasteiger partial charge in [-0.15, -0.1) is 0 Å². The molecule has 0 aliphatic carbocycles. The van der Waals surface area contributed by atoms with E-state index >= 15 is 0 Å². The average molecular weight is 218 g/mol. The number of benzene rings is 1. The van der Waals surface area contributed by atoms with Crippen LogP contribution in [-0.2, 0) is 9.53 Å². The molecule has 0 radical (unpaired) electrons. The smallest absolute Gasteiger partial charge is 0.330 e. The summed E-state index contributed by atoms with van der Waals surface area (Å²) in [5.41, 5.74) is 1.17. The summed E-state index contributed by atoms with van der Waals surface area (Å²) in [4.78, 5) is 10.2. The summed E-state index contributed by atoms with van der Waals surface area (Å²) in [7, 11) is 0. The number of hydrogen-bond donors (Lipinski definition) is 0. The molecule has 0 aliphatic heterocycles. The van der Waals surface area contributed by atoms with Gasteiger partial charge in [0.2, 0.25) is 0 Å². The molecule has 0 unspecified atom stereocenters. The monoisotopic (exact) mass is 218 g/mol. The molecule has 16 heavy (non-hydrogen) atoms. The van der Waals surface area contributed by atoms with Crippen LogP contribution < -0.4 is 0 Å². The third kappa shape index (κ3) is 7.56. The Bertz CT molecular complexity index is 315. The van der Waals surface area contributed by atoms with Gasteiger partial charge in [-0.3, -0.25) is 0 Å². The van der Waals surface area contributed by atoms with Crippen molar-refractivity contribution in [2.45, 2.75) is 13.3 Å². The molecule has 1 aromatic rings. The van der Waals surface area contributed by atoms with Crippen LogP contribution in [0.25, 0.3) is 6.08 Å². The van der Waals surface area contributed by atoms with E-state index in [-0.39, 0.29) is 5.97 Å². The van der Waals surface area contributed by atoms with E-state index in [0.29, 0.717) is 6.61 Å². The van der Waals surface area contributed by atoms with Crippen LogP contribution in [0.1, 0.15) is 18.9 Å². The second-order valence-corrected chi connectivity index (χ2v) is 2.99. The molecule has 0 spiro atoms. The van der Waals surface area contributed by atoms with Gasteiger partial charge in [-0.1, -0.05) is 56.5 Å². The zero-order chi connectivity index (χ0) is 12.2. The zero-order valence-corrected chi connectivity index (χ0v) is 9.69. The maximum atomic E-state index is 10.2. The zero-order valence-electron chi connectivity index (χ0n) is 9.69. The van der Waals surface area contributed by atoms with Crippen molar-refractivity contribution in [3.63, 3.8) is 0 Å². The first-order valence-corrected chi connectivity index (χ1v) is 5.21. The van der Waals surface area contributed by atoms with Gasteiger partial charge in [0, 0.05) is 6.08 Å². The highest BCUT2D eigenvalue weighted by Crippen LogP contribution is 1.97. The number of hydrogen-bond acceptors (Lipinski definition) is 2. The minimum atomic E-state index is -0.341. The van der Waals surface area contributed by atoms with E-state index in [1.54, 1.807) is 0 Å². The van der Waals surface area contributed by atoms with E-state index in [0.717, 1.165) is 12.5 Å². The average Bonchev–Trinajstić information content (AvgIpc) is 2.37. The van der Waals surface area contributed by atoms with E-state index in [9.17, 15) is 4.79 Å². The van der Waals surface area contributed by atoms with Crippen molar-refractivity contribution in [3.8, 4) is 0 Å². The van der Waals surface area contributed by atoms with E-state index < -0.39 is 0 Å². The Morgan fingerprint density at radius 2 is 1.94 bits per heavy atom. The topological polar surface area (TPSA) is 26.3 Å². The van der Waals surface area contributed by atoms with E-state index in [1.165, 1.54) is 5.56 Å². The van der Waals surface area contributed by atoms with Crippen LogP contribution in [0.2, 0.25) is 0 Å². The van der Waals surface area contributed by atoms with Crippen molar-refractivity contribution in [1.82, 2.24) is 0 Å². The highest BCUT2D eigenvalue weighted by Gasteiger charge is 1.89. The lowest BCUT2D eigenvalue weighted by Crippen LogP contribution is -1.99. The van der Waals surface area contributed by atoms with Crippen molar-refractivity contribution in [2.24, 2.45) is 0 Å². The minimum absolute atomic E-state index is 0.341. The second-order valence-electron chi connectivity index (χ2n) is 2.99. The number of carbonyl (C=O) groups excluding carboxylic acids is 1. The Hall–Kier alpha value is -1.83. The molecular formula is C14H18O2. The lowest BCUT2D eigenvalue weighted by molar-refractivity contribution is -0.137. The summed E-state index contributed by atoms with van der Waals surface area (Å²) >= 11 is 0. The Labute approximate surface area is 97.3 Å². The highest BCUT2D eigenvalue weighted by molar-refractivity contribution is 5.81. The molecule has 0 atom stereocenters. The molecular weight excluding hydrogens is 200 g/mol. The van der Waals surface area contributed by atoms with Crippen molar-refractivity contribution in [1.29, 1.82) is 0 Å². The Kier molecular flexibility index (Phi) is 8.60. The van der Waals surface area contributed by atoms with Gasteiger partial charge in [0.05, 0.1) is 6.61 Å². The van der Waals surface area contributed by atoms with Gasteiger partial charge in [-0.05, 0) is 12.0 Å². The summed E-state index contributed by atoms with van der Waals surface area (Å²) in [6, 6.07) is 10.0. The molecule has 0 bridgehead atoms. The summed E-state index contributed by atoms with van der Waals surface area (Å²) in [5, 5.41) is 0. The molecule has 0 heterocycles. The SMILES string of the molecule is C=CC(=O)OCCC.C=Cc1ccccc1. The van der Waals surface area contributed by atoms with Crippen molar-refractivity contribution in [2.75, 3.05) is 6.61 Å². The van der Waals surface area contributed by atoms with Crippen LogP contribution in [0.15, 0.2) is 49.6 Å². The fourth-order valence-electron chi connectivity index (χ4n) is 0.851. The van der Waals surface area contributed by atoms with Crippen LogP contribution in [-0.4, -0.2) is 12.6 Å². The van der Waals surface area contributed by atoms with Gasteiger partial charge in [-0.2, -0.15) is 0 Å². The standard InChI is InChI=1S/C8H8.C6H10O2/c1-2-8-6-4-3-5-7-8;1-3-5-8-6(7)4-2/h2-7H,1H2;4H,2-3,5H2,1H3. The van der Waals surface area contributed by atoms with Crippen molar-refractivity contribution < 1.29 is 9.53 Å². The number of esters is 1. The Balaban J connectivity index is 0.000000281. The van der Waals surface area contributed by atoms with Crippen LogP contribution in [0.3, 0.4) is 0 Å². The third-order valence-corrected chi connectivity index (χ3v) is 1.65. The molecule has 0 aromatic heterocycles. The van der Waals surface area contributed by atoms with Crippen LogP contribution >= 0.6 is 0 Å². The van der Waals surface area contributed by atoms with Gasteiger partial charge in [0.1, 0.15) is 0 Å². The highest BCUT2D eigenvalue weighted by atomic mass is 16.5. The third-order valence-electron chi connectivity index (χ3n) is 1.65. The molecule has 0 saturated carbocycles. The van der Waals surface area contributed by atoms with Crippen LogP contribution in [0.5, 0.6) is 0 Å². The largest absolute Gasteiger partial charge is 0.463 e. The maximum absolute atomic E-state index is 10.2. The first kappa shape index (κ1) is 14.2. The lowest BCUT2D eigenvalue weighted by Gasteiger charge is -1.94. The normalized spacial score (nSPS) is 8.31. The predicted molar refractivity (Wildman–Crippen MR) is 68.0 cm³/mol. The minimum Gasteiger partial charge on any atom is -0.463 e. The molecule has 86 valence electrons. The number of carbonyl (C=O) groups is 1. The summed E-state index contributed by atoms with van der Waals surface area (Å²) in [6.45, 7) is 9.30. The molecule has 2 nitrogen and oxygen atoms in total. The predicted octanol–water partition coefficient (Wildman–Crippen LogP) is 3.46. The van der Waals surface area contributed by atoms with Crippen molar-refractivity contribution in [3.05, 3.63) is 55.1 Å². The number of rotatable bonds is 4. The fraction of sp³-hybridized carbons (Fsp3) is 0.214. The molecule has 1 aromatic carbocycles. The lowest BCUT2D eigenvalue weighted by atomic mass is 10.2. The van der Waals surface area contributed by atoms with Crippen LogP contribution in [0.4, 0.5) is 0 Å². The fourth-order valence-corrected chi connectivity index (χ4v) is 0.851. The number of ether oxygens (including phenoxy) is 1. The summed E-state index contributed by atoms with van der Waals surface area (Å²) < 4.78 is 4.58. The van der Waals surface area contributed by atoms with Gasteiger partial charge in [0.25, 0.3) is 0 Å². The maximum Gasteiger partial charge on any atom is 0.330 e.